The molecule has 9 heteroatoms. The quantitative estimate of drug-likeness (QED) is 0.254. The Bertz CT molecular complexity index is 1460. The lowest BCUT2D eigenvalue weighted by atomic mass is 10.1. The molecule has 2 aromatic carbocycles. The molecule has 176 valence electrons. The number of nitrogens with one attached hydrogen (secondary N) is 3. The first kappa shape index (κ1) is 22.7. The van der Waals surface area contributed by atoms with E-state index in [9.17, 15) is 4.21 Å². The van der Waals surface area contributed by atoms with Gasteiger partial charge in [-0.15, -0.1) is 0 Å². The molecule has 0 amide bonds. The number of benzene rings is 2. The third kappa shape index (κ3) is 4.48. The van der Waals surface area contributed by atoms with Crippen LogP contribution in [-0.4, -0.2) is 31.0 Å². The van der Waals surface area contributed by atoms with E-state index in [-0.39, 0.29) is 5.25 Å². The maximum Gasteiger partial charge on any atom is 0.227 e. The van der Waals surface area contributed by atoms with Crippen molar-refractivity contribution in [1.29, 1.82) is 4.78 Å². The topological polar surface area (TPSA) is 104 Å². The van der Waals surface area contributed by atoms with Crippen molar-refractivity contribution < 1.29 is 8.95 Å². The van der Waals surface area contributed by atoms with Gasteiger partial charge in [-0.1, -0.05) is 43.6 Å². The van der Waals surface area contributed by atoms with Gasteiger partial charge in [-0.05, 0) is 43.0 Å². The van der Waals surface area contributed by atoms with Crippen molar-refractivity contribution in [2.24, 2.45) is 5.92 Å². The SMILES string of the molecule is CC(C)COc1cc(S(=N)(=O)C2CC2)ccc1Nc1ncc(Cl)c(-c2c[nH]c3ccccc23)n1. The number of nitrogens with zero attached hydrogens (tertiary/aromatic N) is 2. The van der Waals surface area contributed by atoms with Crippen LogP contribution in [0.5, 0.6) is 5.75 Å². The normalized spacial score (nSPS) is 15.4. The number of hydrogen-bond donors (Lipinski definition) is 3. The fraction of sp³-hybridized carbons (Fsp3) is 0.280. The molecule has 34 heavy (non-hydrogen) atoms. The van der Waals surface area contributed by atoms with Gasteiger partial charge in [0.2, 0.25) is 5.95 Å². The minimum atomic E-state index is -2.84. The summed E-state index contributed by atoms with van der Waals surface area (Å²) in [5.41, 5.74) is 3.13. The Kier molecular flexibility index (Phi) is 5.95. The van der Waals surface area contributed by atoms with Gasteiger partial charge >= 0.3 is 0 Å². The van der Waals surface area contributed by atoms with E-state index in [1.165, 1.54) is 0 Å². The number of H-pyrrole nitrogens is 1. The Balaban J connectivity index is 1.50. The van der Waals surface area contributed by atoms with E-state index < -0.39 is 9.73 Å². The number of aromatic nitrogens is 3. The molecule has 1 aliphatic rings. The number of hydrogen-bond acceptors (Lipinski definition) is 6. The third-order valence-electron chi connectivity index (χ3n) is 5.70. The number of halogens is 1. The molecule has 2 aromatic heterocycles. The summed E-state index contributed by atoms with van der Waals surface area (Å²) in [5, 5.41) is 4.62. The molecule has 5 rings (SSSR count). The lowest BCUT2D eigenvalue weighted by Gasteiger charge is -2.16. The molecule has 0 bridgehead atoms. The van der Waals surface area contributed by atoms with Crippen LogP contribution in [-0.2, 0) is 9.73 Å². The summed E-state index contributed by atoms with van der Waals surface area (Å²) in [4.78, 5) is 12.8. The van der Waals surface area contributed by atoms with Gasteiger partial charge in [0.1, 0.15) is 5.75 Å². The first-order valence-corrected chi connectivity index (χ1v) is 13.2. The maximum absolute atomic E-state index is 13.0. The van der Waals surface area contributed by atoms with Gasteiger partial charge in [-0.25, -0.2) is 19.0 Å². The van der Waals surface area contributed by atoms with Crippen molar-refractivity contribution in [2.75, 3.05) is 11.9 Å². The summed E-state index contributed by atoms with van der Waals surface area (Å²) in [6.45, 7) is 4.61. The summed E-state index contributed by atoms with van der Waals surface area (Å²) in [6.07, 6.45) is 5.12. The highest BCUT2D eigenvalue weighted by Gasteiger charge is 2.34. The Morgan fingerprint density at radius 1 is 1.26 bits per heavy atom. The second-order valence-electron chi connectivity index (χ2n) is 8.93. The summed E-state index contributed by atoms with van der Waals surface area (Å²) >= 11 is 6.47. The highest BCUT2D eigenvalue weighted by molar-refractivity contribution is 7.93. The molecular weight excluding hydrogens is 470 g/mol. The van der Waals surface area contributed by atoms with Crippen molar-refractivity contribution in [2.45, 2.75) is 36.8 Å². The van der Waals surface area contributed by atoms with E-state index in [0.29, 0.717) is 45.5 Å². The van der Waals surface area contributed by atoms with E-state index in [1.807, 2.05) is 30.5 Å². The van der Waals surface area contributed by atoms with E-state index >= 15 is 0 Å². The van der Waals surface area contributed by atoms with Crippen LogP contribution >= 0.6 is 11.6 Å². The zero-order chi connectivity index (χ0) is 23.9. The molecule has 1 fully saturated rings. The van der Waals surface area contributed by atoms with E-state index in [4.69, 9.17) is 21.1 Å². The molecule has 2 heterocycles. The Morgan fingerprint density at radius 2 is 2.06 bits per heavy atom. The smallest absolute Gasteiger partial charge is 0.227 e. The van der Waals surface area contributed by atoms with Crippen LogP contribution in [0.25, 0.3) is 22.2 Å². The van der Waals surface area contributed by atoms with Crippen molar-refractivity contribution >= 4 is 43.9 Å². The van der Waals surface area contributed by atoms with Crippen LogP contribution in [0.15, 0.2) is 59.8 Å². The number of para-hydroxylation sites is 1. The van der Waals surface area contributed by atoms with E-state index in [0.717, 1.165) is 29.3 Å². The van der Waals surface area contributed by atoms with Crippen LogP contribution in [0.2, 0.25) is 5.02 Å². The highest BCUT2D eigenvalue weighted by Crippen LogP contribution is 2.38. The molecule has 0 spiro atoms. The fourth-order valence-corrected chi connectivity index (χ4v) is 5.70. The first-order valence-electron chi connectivity index (χ1n) is 11.2. The van der Waals surface area contributed by atoms with Gasteiger partial charge < -0.3 is 15.0 Å². The molecule has 1 unspecified atom stereocenters. The number of anilines is 2. The van der Waals surface area contributed by atoms with Crippen molar-refractivity contribution in [3.05, 3.63) is 59.9 Å². The molecule has 0 aliphatic heterocycles. The Morgan fingerprint density at radius 3 is 2.82 bits per heavy atom. The summed E-state index contributed by atoms with van der Waals surface area (Å²) < 4.78 is 27.4. The van der Waals surface area contributed by atoms with Crippen LogP contribution in [0.4, 0.5) is 11.6 Å². The summed E-state index contributed by atoms with van der Waals surface area (Å²) in [7, 11) is -2.84. The van der Waals surface area contributed by atoms with Gasteiger partial charge in [0, 0.05) is 27.9 Å². The van der Waals surface area contributed by atoms with Crippen LogP contribution in [0.3, 0.4) is 0 Å². The molecule has 1 aliphatic carbocycles. The third-order valence-corrected chi connectivity index (χ3v) is 8.35. The number of ether oxygens (including phenoxy) is 1. The summed E-state index contributed by atoms with van der Waals surface area (Å²) in [5.74, 6) is 1.19. The van der Waals surface area contributed by atoms with Crippen LogP contribution < -0.4 is 10.1 Å². The standard InChI is InChI=1S/C25H26ClN5O2S/c1-15(2)14-33-23-11-17(34(27,32)16-7-8-16)9-10-22(23)30-25-29-13-20(26)24(31-25)19-12-28-21-6-4-3-5-18(19)21/h3-6,9-13,15-16,27-28H,7-8,14H2,1-2H3,(H,29,30,31). The maximum atomic E-state index is 13.0. The lowest BCUT2D eigenvalue weighted by molar-refractivity contribution is 0.272. The molecule has 0 radical (unpaired) electrons. The van der Waals surface area contributed by atoms with Gasteiger partial charge in [0.15, 0.2) is 0 Å². The molecule has 3 N–H and O–H groups in total. The molecule has 0 saturated heterocycles. The van der Waals surface area contributed by atoms with Gasteiger partial charge in [0.05, 0.1) is 43.8 Å². The number of fused-ring (bicyclic) bond motifs is 1. The fourth-order valence-electron chi connectivity index (χ4n) is 3.77. The van der Waals surface area contributed by atoms with Gasteiger partial charge in [-0.3, -0.25) is 0 Å². The van der Waals surface area contributed by atoms with Crippen molar-refractivity contribution in [3.63, 3.8) is 0 Å². The molecule has 7 nitrogen and oxygen atoms in total. The zero-order valence-electron chi connectivity index (χ0n) is 19.0. The van der Waals surface area contributed by atoms with Crippen LogP contribution in [0, 0.1) is 10.7 Å². The second-order valence-corrected chi connectivity index (χ2v) is 11.7. The molecule has 1 saturated carbocycles. The summed E-state index contributed by atoms with van der Waals surface area (Å²) in [6, 6.07) is 13.2. The van der Waals surface area contributed by atoms with Crippen molar-refractivity contribution in [1.82, 2.24) is 15.0 Å². The number of rotatable bonds is 8. The predicted octanol–water partition coefficient (Wildman–Crippen LogP) is 6.62. The average Bonchev–Trinajstić information content (AvgIpc) is 3.60. The van der Waals surface area contributed by atoms with Crippen LogP contribution in [0.1, 0.15) is 26.7 Å². The van der Waals surface area contributed by atoms with Crippen molar-refractivity contribution in [3.8, 4) is 17.0 Å². The predicted molar refractivity (Wildman–Crippen MR) is 137 cm³/mol. The average molecular weight is 496 g/mol. The first-order chi connectivity index (χ1) is 16.3. The monoisotopic (exact) mass is 495 g/mol. The Hall–Kier alpha value is -3.10. The molecule has 4 aromatic rings. The lowest BCUT2D eigenvalue weighted by Crippen LogP contribution is -2.10. The molecule has 1 atom stereocenters. The largest absolute Gasteiger partial charge is 0.491 e. The zero-order valence-corrected chi connectivity index (χ0v) is 20.5. The van der Waals surface area contributed by atoms with E-state index in [2.05, 4.69) is 34.1 Å². The molecular formula is C25H26ClN5O2S. The Labute approximate surface area is 203 Å². The minimum Gasteiger partial charge on any atom is -0.491 e. The second kappa shape index (κ2) is 8.92. The minimum absolute atomic E-state index is 0.0670. The van der Waals surface area contributed by atoms with E-state index in [1.54, 1.807) is 24.4 Å². The number of aromatic amines is 1. The van der Waals surface area contributed by atoms with Gasteiger partial charge in [0.25, 0.3) is 0 Å². The highest BCUT2D eigenvalue weighted by atomic mass is 35.5. The van der Waals surface area contributed by atoms with Gasteiger partial charge in [-0.2, -0.15) is 0 Å².